The molecule has 8 nitrogen and oxygen atoms in total. The lowest BCUT2D eigenvalue weighted by Gasteiger charge is -2.10. The van der Waals surface area contributed by atoms with Gasteiger partial charge in [-0.05, 0) is 29.8 Å². The number of benzene rings is 1. The van der Waals surface area contributed by atoms with Gasteiger partial charge in [-0.3, -0.25) is 4.79 Å². The van der Waals surface area contributed by atoms with Gasteiger partial charge in [-0.1, -0.05) is 0 Å². The first kappa shape index (κ1) is 16.1. The molecule has 1 N–H and O–H groups in total. The molecule has 24 heavy (non-hydrogen) atoms. The average molecular weight is 344 g/mol. The van der Waals surface area contributed by atoms with E-state index in [1.54, 1.807) is 42.2 Å². The number of aromatic nitrogens is 5. The molecule has 0 radical (unpaired) electrons. The summed E-state index contributed by atoms with van der Waals surface area (Å²) in [4.78, 5) is 17.5. The van der Waals surface area contributed by atoms with Gasteiger partial charge >= 0.3 is 0 Å². The van der Waals surface area contributed by atoms with Gasteiger partial charge in [0, 0.05) is 29.1 Å². The predicted molar refractivity (Wildman–Crippen MR) is 89.5 cm³/mol. The molecule has 2 aromatic heterocycles. The van der Waals surface area contributed by atoms with E-state index in [1.165, 1.54) is 11.0 Å². The van der Waals surface area contributed by atoms with Crippen molar-refractivity contribution in [2.24, 2.45) is 0 Å². The van der Waals surface area contributed by atoms with Gasteiger partial charge in [-0.15, -0.1) is 16.4 Å². The van der Waals surface area contributed by atoms with Crippen molar-refractivity contribution < 1.29 is 9.53 Å². The lowest BCUT2D eigenvalue weighted by atomic mass is 10.2. The van der Waals surface area contributed by atoms with Crippen LogP contribution in [0.3, 0.4) is 0 Å². The van der Waals surface area contributed by atoms with E-state index in [0.29, 0.717) is 30.0 Å². The van der Waals surface area contributed by atoms with E-state index in [-0.39, 0.29) is 5.91 Å². The molecule has 0 unspecified atom stereocenters. The van der Waals surface area contributed by atoms with Gasteiger partial charge in [0.05, 0.1) is 24.0 Å². The second-order valence-corrected chi connectivity index (χ2v) is 6.02. The number of anilines is 1. The molecule has 1 aromatic carbocycles. The summed E-state index contributed by atoms with van der Waals surface area (Å²) >= 11 is 1.57. The summed E-state index contributed by atoms with van der Waals surface area (Å²) in [7, 11) is 1.57. The molecule has 0 saturated heterocycles. The Labute approximate surface area is 142 Å². The Kier molecular flexibility index (Phi) is 4.80. The maximum absolute atomic E-state index is 12.2. The van der Waals surface area contributed by atoms with Crippen molar-refractivity contribution in [3.05, 3.63) is 40.6 Å². The van der Waals surface area contributed by atoms with E-state index < -0.39 is 0 Å². The van der Waals surface area contributed by atoms with Crippen LogP contribution in [0.25, 0.3) is 5.69 Å². The highest BCUT2D eigenvalue weighted by molar-refractivity contribution is 7.09. The van der Waals surface area contributed by atoms with E-state index in [2.05, 4.69) is 25.8 Å². The fourth-order valence-electron chi connectivity index (χ4n) is 2.20. The Bertz CT molecular complexity index is 830. The number of ether oxygens (including phenoxy) is 1. The highest BCUT2D eigenvalue weighted by Gasteiger charge is 2.09. The molecular formula is C15H16N6O2S. The minimum atomic E-state index is -0.0706. The Balaban J connectivity index is 1.71. The second kappa shape index (κ2) is 7.18. The van der Waals surface area contributed by atoms with E-state index in [0.717, 1.165) is 10.6 Å². The largest absolute Gasteiger partial charge is 0.497 e. The zero-order valence-electron chi connectivity index (χ0n) is 13.3. The number of hydrogen-bond donors (Lipinski definition) is 1. The second-order valence-electron chi connectivity index (χ2n) is 5.08. The minimum Gasteiger partial charge on any atom is -0.497 e. The van der Waals surface area contributed by atoms with Crippen LogP contribution in [-0.4, -0.2) is 38.2 Å². The molecule has 3 rings (SSSR count). The third-order valence-electron chi connectivity index (χ3n) is 3.45. The number of tetrazole rings is 1. The van der Waals surface area contributed by atoms with Crippen molar-refractivity contribution >= 4 is 22.9 Å². The average Bonchev–Trinajstić information content (AvgIpc) is 3.24. The van der Waals surface area contributed by atoms with Crippen LogP contribution in [0.15, 0.2) is 30.0 Å². The number of aryl methyl sites for hydroxylation is 2. The van der Waals surface area contributed by atoms with Crippen LogP contribution in [0.1, 0.15) is 17.0 Å². The van der Waals surface area contributed by atoms with Gasteiger partial charge in [0.15, 0.2) is 0 Å². The lowest BCUT2D eigenvalue weighted by molar-refractivity contribution is -0.116. The number of thiazole rings is 1. The van der Waals surface area contributed by atoms with E-state index in [9.17, 15) is 4.79 Å². The van der Waals surface area contributed by atoms with Crippen LogP contribution in [-0.2, 0) is 11.2 Å². The van der Waals surface area contributed by atoms with Gasteiger partial charge in [-0.25, -0.2) is 9.67 Å². The monoisotopic (exact) mass is 344 g/mol. The Hall–Kier alpha value is -2.81. The molecule has 124 valence electrons. The van der Waals surface area contributed by atoms with Gasteiger partial charge < -0.3 is 10.1 Å². The maximum atomic E-state index is 12.2. The quantitative estimate of drug-likeness (QED) is 0.735. The van der Waals surface area contributed by atoms with Crippen molar-refractivity contribution in [3.8, 4) is 11.4 Å². The molecular weight excluding hydrogens is 328 g/mol. The first-order chi connectivity index (χ1) is 11.7. The topological polar surface area (TPSA) is 94.8 Å². The predicted octanol–water partition coefficient (Wildman–Crippen LogP) is 2.01. The fourth-order valence-corrected chi connectivity index (χ4v) is 2.98. The summed E-state index contributed by atoms with van der Waals surface area (Å²) in [5.74, 6) is 0.537. The van der Waals surface area contributed by atoms with Gasteiger partial charge in [-0.2, -0.15) is 0 Å². The first-order valence-corrected chi connectivity index (χ1v) is 8.15. The molecule has 0 saturated carbocycles. The normalized spacial score (nSPS) is 10.6. The zero-order chi connectivity index (χ0) is 16.9. The van der Waals surface area contributed by atoms with Crippen LogP contribution in [0.2, 0.25) is 0 Å². The van der Waals surface area contributed by atoms with Gasteiger partial charge in [0.25, 0.3) is 0 Å². The number of nitrogens with one attached hydrogen (secondary N) is 1. The minimum absolute atomic E-state index is 0.0706. The number of hydrogen-bond acceptors (Lipinski definition) is 7. The van der Waals surface area contributed by atoms with Crippen LogP contribution in [0, 0.1) is 6.92 Å². The molecule has 3 aromatic rings. The van der Waals surface area contributed by atoms with E-state index in [1.807, 2.05) is 6.92 Å². The molecule has 0 atom stereocenters. The van der Waals surface area contributed by atoms with Gasteiger partial charge in [0.2, 0.25) is 5.91 Å². The molecule has 1 amide bonds. The third-order valence-corrected chi connectivity index (χ3v) is 4.44. The van der Waals surface area contributed by atoms with Crippen molar-refractivity contribution in [2.75, 3.05) is 12.4 Å². The third kappa shape index (κ3) is 3.74. The molecule has 0 aliphatic rings. The molecule has 2 heterocycles. The highest BCUT2D eigenvalue weighted by Crippen LogP contribution is 2.23. The van der Waals surface area contributed by atoms with Crippen LogP contribution < -0.4 is 10.1 Å². The van der Waals surface area contributed by atoms with Crippen molar-refractivity contribution in [3.63, 3.8) is 0 Å². The molecule has 9 heteroatoms. The SMILES string of the molecule is COc1cc(NC(=O)CCc2scnc2C)cc(-n2cnnn2)c1. The van der Waals surface area contributed by atoms with E-state index >= 15 is 0 Å². The summed E-state index contributed by atoms with van der Waals surface area (Å²) in [6.07, 6.45) is 2.54. The number of rotatable bonds is 6. The zero-order valence-corrected chi connectivity index (χ0v) is 14.1. The number of nitrogens with zero attached hydrogens (tertiary/aromatic N) is 5. The number of amides is 1. The van der Waals surface area contributed by atoms with Crippen LogP contribution in [0.4, 0.5) is 5.69 Å². The molecule has 0 spiro atoms. The van der Waals surface area contributed by atoms with Crippen molar-refractivity contribution in [1.82, 2.24) is 25.2 Å². The molecule has 0 aliphatic carbocycles. The highest BCUT2D eigenvalue weighted by atomic mass is 32.1. The summed E-state index contributed by atoms with van der Waals surface area (Å²) in [6.45, 7) is 1.95. The van der Waals surface area contributed by atoms with E-state index in [4.69, 9.17) is 4.74 Å². The van der Waals surface area contributed by atoms with Crippen LogP contribution >= 0.6 is 11.3 Å². The molecule has 0 bridgehead atoms. The molecule has 0 fully saturated rings. The summed E-state index contributed by atoms with van der Waals surface area (Å²) < 4.78 is 6.77. The standard InChI is InChI=1S/C15H16N6O2S/c1-10-14(24-9-16-10)3-4-15(22)18-11-5-12(7-13(6-11)23-2)21-8-17-19-20-21/h5-9H,3-4H2,1-2H3,(H,18,22). The summed E-state index contributed by atoms with van der Waals surface area (Å²) in [5, 5.41) is 13.9. The van der Waals surface area contributed by atoms with Crippen molar-refractivity contribution in [1.29, 1.82) is 0 Å². The Morgan fingerprint density at radius 3 is 2.92 bits per heavy atom. The summed E-state index contributed by atoms with van der Waals surface area (Å²) in [6, 6.07) is 5.32. The number of carbonyl (C=O) groups is 1. The Morgan fingerprint density at radius 2 is 2.25 bits per heavy atom. The lowest BCUT2D eigenvalue weighted by Crippen LogP contribution is -2.13. The Morgan fingerprint density at radius 1 is 1.38 bits per heavy atom. The van der Waals surface area contributed by atoms with Crippen LogP contribution in [0.5, 0.6) is 5.75 Å². The summed E-state index contributed by atoms with van der Waals surface area (Å²) in [5.41, 5.74) is 4.11. The smallest absolute Gasteiger partial charge is 0.224 e. The first-order valence-electron chi connectivity index (χ1n) is 7.27. The number of methoxy groups -OCH3 is 1. The van der Waals surface area contributed by atoms with Gasteiger partial charge in [0.1, 0.15) is 12.1 Å². The molecule has 0 aliphatic heterocycles. The fraction of sp³-hybridized carbons (Fsp3) is 0.267. The number of carbonyl (C=O) groups excluding carboxylic acids is 1. The van der Waals surface area contributed by atoms with Crippen molar-refractivity contribution in [2.45, 2.75) is 19.8 Å². The maximum Gasteiger partial charge on any atom is 0.224 e.